The number of nitrogens with one attached hydrogen (secondary N) is 1. The molecule has 0 saturated carbocycles. The molecule has 0 aliphatic carbocycles. The normalized spacial score (nSPS) is 10.9. The Morgan fingerprint density at radius 3 is 2.36 bits per heavy atom. The van der Waals surface area contributed by atoms with Crippen LogP contribution in [0.2, 0.25) is 5.02 Å². The van der Waals surface area contributed by atoms with Crippen LogP contribution in [0, 0.1) is 6.92 Å². The molecule has 1 aromatic carbocycles. The molecule has 0 aliphatic rings. The Labute approximate surface area is 197 Å². The number of alkyl halides is 3. The average Bonchev–Trinajstić information content (AvgIpc) is 2.79. The molecule has 0 spiro atoms. The van der Waals surface area contributed by atoms with Gasteiger partial charge in [0.2, 0.25) is 5.88 Å². The van der Waals surface area contributed by atoms with Gasteiger partial charge in [0.05, 0.1) is 11.3 Å². The van der Waals surface area contributed by atoms with E-state index in [9.17, 15) is 13.2 Å². The van der Waals surface area contributed by atoms with Gasteiger partial charge in [-0.2, -0.15) is 13.2 Å². The number of aryl methyl sites for hydroxylation is 1. The summed E-state index contributed by atoms with van der Waals surface area (Å²) < 4.78 is 46.9. The summed E-state index contributed by atoms with van der Waals surface area (Å²) in [6.07, 6.45) is 0.116. The maximum absolute atomic E-state index is 12.5. The van der Waals surface area contributed by atoms with E-state index in [1.807, 2.05) is 12.1 Å². The van der Waals surface area contributed by atoms with Crippen molar-refractivity contribution in [1.82, 2.24) is 15.0 Å². The number of aromatic nitrogens is 3. The Morgan fingerprint density at radius 2 is 1.82 bits per heavy atom. The number of hydrogen-bond acceptors (Lipinski definition) is 9. The standard InChI is InChI=1S/C19H16ClF3N4O.CH4O3S/c1-12-17(20)18(27-11-26-12)24-9-8-13-2-5-15(6-3-13)28-16-7-4-14(10-25-16)19(21,22)23;1-5-4-3-2/h2-7,10-11H,8-9H2,1H3,(H,24,26,27);2H,1H3. The summed E-state index contributed by atoms with van der Waals surface area (Å²) in [5.74, 6) is 1.16. The zero-order valence-electron chi connectivity index (χ0n) is 17.5. The third kappa shape index (κ3) is 9.02. The number of anilines is 1. The van der Waals surface area contributed by atoms with Gasteiger partial charge in [-0.3, -0.25) is 0 Å². The van der Waals surface area contributed by atoms with E-state index in [-0.39, 0.29) is 5.88 Å². The predicted molar refractivity (Wildman–Crippen MR) is 118 cm³/mol. The van der Waals surface area contributed by atoms with Gasteiger partial charge in [-0.25, -0.2) is 20.2 Å². The topological polar surface area (TPSA) is 98.6 Å². The third-order valence-corrected chi connectivity index (χ3v) is 4.63. The van der Waals surface area contributed by atoms with Gasteiger partial charge in [-0.1, -0.05) is 28.8 Å². The molecule has 8 nitrogen and oxygen atoms in total. The summed E-state index contributed by atoms with van der Waals surface area (Å²) in [7, 11) is 0. The van der Waals surface area contributed by atoms with Crippen LogP contribution >= 0.6 is 23.6 Å². The summed E-state index contributed by atoms with van der Waals surface area (Å²) >= 11 is 7.06. The fourth-order valence-electron chi connectivity index (χ4n) is 2.39. The van der Waals surface area contributed by atoms with Gasteiger partial charge in [0, 0.05) is 37.1 Å². The molecule has 2 aromatic heterocycles. The number of nitrogens with zero attached hydrogens (tertiary/aromatic N) is 3. The molecule has 3 aromatic rings. The Balaban J connectivity index is 0.000000696. The second-order valence-electron chi connectivity index (χ2n) is 6.24. The lowest BCUT2D eigenvalue weighted by molar-refractivity contribution is -0.432. The SMILES string of the molecule is CSOOO.Cc1ncnc(NCCc2ccc(Oc3ccc(C(F)(F)F)cn3)cc2)c1Cl. The highest BCUT2D eigenvalue weighted by atomic mass is 35.5. The second-order valence-corrected chi connectivity index (χ2v) is 7.08. The Kier molecular flexibility index (Phi) is 10.6. The van der Waals surface area contributed by atoms with Crippen LogP contribution in [-0.4, -0.2) is 33.0 Å². The zero-order valence-corrected chi connectivity index (χ0v) is 19.0. The van der Waals surface area contributed by atoms with Gasteiger partial charge in [-0.15, -0.1) is 4.33 Å². The minimum atomic E-state index is -4.42. The second kappa shape index (κ2) is 13.2. The van der Waals surface area contributed by atoms with E-state index in [1.54, 1.807) is 25.3 Å². The monoisotopic (exact) mass is 504 g/mol. The number of benzene rings is 1. The molecule has 0 radical (unpaired) electrons. The zero-order chi connectivity index (χ0) is 24.3. The van der Waals surface area contributed by atoms with E-state index in [4.69, 9.17) is 21.6 Å². The minimum absolute atomic E-state index is 0.0937. The largest absolute Gasteiger partial charge is 0.439 e. The molecule has 0 saturated heterocycles. The van der Waals surface area contributed by atoms with Crippen molar-refractivity contribution >= 4 is 29.5 Å². The maximum Gasteiger partial charge on any atom is 0.417 e. The van der Waals surface area contributed by atoms with Crippen molar-refractivity contribution in [3.05, 3.63) is 70.8 Å². The maximum atomic E-state index is 12.5. The molecule has 0 fully saturated rings. The van der Waals surface area contributed by atoms with Crippen molar-refractivity contribution in [2.45, 2.75) is 19.5 Å². The van der Waals surface area contributed by atoms with E-state index in [0.717, 1.165) is 36.3 Å². The smallest absolute Gasteiger partial charge is 0.417 e. The van der Waals surface area contributed by atoms with E-state index < -0.39 is 11.7 Å². The highest BCUT2D eigenvalue weighted by molar-refractivity contribution is 7.93. The summed E-state index contributed by atoms with van der Waals surface area (Å²) in [6, 6.07) is 9.32. The van der Waals surface area contributed by atoms with Crippen molar-refractivity contribution in [3.63, 3.8) is 0 Å². The number of halogens is 4. The first-order valence-corrected chi connectivity index (χ1v) is 10.8. The Bertz CT molecular complexity index is 994. The molecule has 0 aliphatic heterocycles. The molecule has 3 rings (SSSR count). The molecule has 0 bridgehead atoms. The fraction of sp³-hybridized carbons (Fsp3) is 0.250. The van der Waals surface area contributed by atoms with Crippen molar-refractivity contribution in [1.29, 1.82) is 0 Å². The van der Waals surface area contributed by atoms with E-state index in [1.165, 1.54) is 12.4 Å². The van der Waals surface area contributed by atoms with Crippen LogP contribution in [0.15, 0.2) is 48.9 Å². The number of ether oxygens (including phenoxy) is 1. The van der Waals surface area contributed by atoms with Gasteiger partial charge in [0.25, 0.3) is 0 Å². The first kappa shape index (κ1) is 26.6. The first-order valence-electron chi connectivity index (χ1n) is 9.26. The van der Waals surface area contributed by atoms with E-state index >= 15 is 0 Å². The molecule has 33 heavy (non-hydrogen) atoms. The Hall–Kier alpha value is -2.64. The summed E-state index contributed by atoms with van der Waals surface area (Å²) in [4.78, 5) is 11.8. The number of pyridine rings is 1. The van der Waals surface area contributed by atoms with Gasteiger partial charge in [0.15, 0.2) is 0 Å². The van der Waals surface area contributed by atoms with E-state index in [0.29, 0.717) is 28.8 Å². The van der Waals surface area contributed by atoms with Crippen LogP contribution in [0.25, 0.3) is 0 Å². The van der Waals surface area contributed by atoms with E-state index in [2.05, 4.69) is 29.6 Å². The first-order chi connectivity index (χ1) is 15.7. The van der Waals surface area contributed by atoms with Crippen LogP contribution in [0.4, 0.5) is 19.0 Å². The van der Waals surface area contributed by atoms with Crippen molar-refractivity contribution < 1.29 is 32.5 Å². The lowest BCUT2D eigenvalue weighted by atomic mass is 10.1. The van der Waals surface area contributed by atoms with Crippen molar-refractivity contribution in [2.75, 3.05) is 18.1 Å². The summed E-state index contributed by atoms with van der Waals surface area (Å²) in [5, 5.41) is 14.1. The minimum Gasteiger partial charge on any atom is -0.439 e. The van der Waals surface area contributed by atoms with Crippen LogP contribution in [-0.2, 0) is 22.0 Å². The highest BCUT2D eigenvalue weighted by Crippen LogP contribution is 2.30. The van der Waals surface area contributed by atoms with Gasteiger partial charge in [0.1, 0.15) is 22.9 Å². The fourth-order valence-corrected chi connectivity index (χ4v) is 2.62. The molecular formula is C20H20ClF3N4O4S. The molecule has 2 heterocycles. The van der Waals surface area contributed by atoms with Crippen LogP contribution < -0.4 is 10.1 Å². The number of rotatable bonds is 8. The average molecular weight is 505 g/mol. The molecule has 0 amide bonds. The van der Waals surface area contributed by atoms with Crippen LogP contribution in [0.1, 0.15) is 16.8 Å². The van der Waals surface area contributed by atoms with Gasteiger partial charge >= 0.3 is 6.18 Å². The lowest BCUT2D eigenvalue weighted by Gasteiger charge is -2.10. The Morgan fingerprint density at radius 1 is 1.09 bits per heavy atom. The summed E-state index contributed by atoms with van der Waals surface area (Å²) in [6.45, 7) is 2.43. The highest BCUT2D eigenvalue weighted by Gasteiger charge is 2.30. The number of hydrogen-bond donors (Lipinski definition) is 2. The quantitative estimate of drug-likeness (QED) is 0.218. The summed E-state index contributed by atoms with van der Waals surface area (Å²) in [5.41, 5.74) is 0.932. The van der Waals surface area contributed by atoms with Gasteiger partial charge < -0.3 is 10.1 Å². The molecular weight excluding hydrogens is 485 g/mol. The third-order valence-electron chi connectivity index (χ3n) is 3.98. The molecule has 178 valence electrons. The van der Waals surface area contributed by atoms with Crippen LogP contribution in [0.3, 0.4) is 0 Å². The molecule has 0 unspecified atom stereocenters. The molecule has 13 heteroatoms. The molecule has 0 atom stereocenters. The van der Waals surface area contributed by atoms with Gasteiger partial charge in [-0.05, 0) is 37.1 Å². The van der Waals surface area contributed by atoms with Crippen LogP contribution in [0.5, 0.6) is 11.6 Å². The lowest BCUT2D eigenvalue weighted by Crippen LogP contribution is -2.07. The van der Waals surface area contributed by atoms with Crippen molar-refractivity contribution in [2.24, 2.45) is 0 Å². The van der Waals surface area contributed by atoms with Crippen molar-refractivity contribution in [3.8, 4) is 11.6 Å². The predicted octanol–water partition coefficient (Wildman–Crippen LogP) is 5.98. The molecule has 2 N–H and O–H groups in total.